The summed E-state index contributed by atoms with van der Waals surface area (Å²) in [5.41, 5.74) is 2.79. The molecule has 0 fully saturated rings. The minimum Gasteiger partial charge on any atom is -0.473 e. The van der Waals surface area contributed by atoms with Crippen LogP contribution in [0.1, 0.15) is 24.5 Å². The Balaban J connectivity index is 1.79. The van der Waals surface area contributed by atoms with E-state index in [1.54, 1.807) is 18.2 Å². The Kier molecular flexibility index (Phi) is 6.29. The second-order valence-electron chi connectivity index (χ2n) is 5.23. The van der Waals surface area contributed by atoms with Crippen molar-refractivity contribution in [2.75, 3.05) is 12.0 Å². The average Bonchev–Trinajstić information content (AvgIpc) is 2.54. The van der Waals surface area contributed by atoms with E-state index >= 15 is 0 Å². The van der Waals surface area contributed by atoms with Crippen LogP contribution in [0, 0.1) is 6.92 Å². The zero-order chi connectivity index (χ0) is 16.7. The highest BCUT2D eigenvalue weighted by Gasteiger charge is 2.06. The van der Waals surface area contributed by atoms with Gasteiger partial charge in [0.25, 0.3) is 0 Å². The molecule has 2 rings (SSSR count). The Morgan fingerprint density at radius 3 is 2.61 bits per heavy atom. The van der Waals surface area contributed by atoms with Crippen LogP contribution in [-0.2, 0) is 6.42 Å². The fourth-order valence-electron chi connectivity index (χ4n) is 2.14. The highest BCUT2D eigenvalue weighted by Crippen LogP contribution is 2.22. The minimum atomic E-state index is -0.335. The summed E-state index contributed by atoms with van der Waals surface area (Å²) < 4.78 is 5.50. The molecule has 2 amide bonds. The predicted octanol–water partition coefficient (Wildman–Crippen LogP) is 4.76. The Hall–Kier alpha value is -2.20. The van der Waals surface area contributed by atoms with Crippen LogP contribution >= 0.6 is 11.6 Å². The smallest absolute Gasteiger partial charge is 0.321 e. The predicted molar refractivity (Wildman–Crippen MR) is 94.3 cm³/mol. The number of halogens is 1. The van der Waals surface area contributed by atoms with Crippen molar-refractivity contribution in [2.24, 2.45) is 0 Å². The number of benzene rings is 2. The van der Waals surface area contributed by atoms with Crippen molar-refractivity contribution in [1.29, 1.82) is 0 Å². The van der Waals surface area contributed by atoms with Crippen LogP contribution in [0.5, 0.6) is 5.75 Å². The number of carbonyl (C=O) groups excluding carboxylic acids is 1. The van der Waals surface area contributed by atoms with Gasteiger partial charge in [-0.25, -0.2) is 4.79 Å². The first-order chi connectivity index (χ1) is 11.1. The van der Waals surface area contributed by atoms with Crippen LogP contribution in [-0.4, -0.2) is 12.8 Å². The van der Waals surface area contributed by atoms with Crippen LogP contribution in [0.15, 0.2) is 42.5 Å². The van der Waals surface area contributed by atoms with Crippen molar-refractivity contribution in [2.45, 2.75) is 26.7 Å². The van der Waals surface area contributed by atoms with Gasteiger partial charge in [-0.1, -0.05) is 43.1 Å². The summed E-state index contributed by atoms with van der Waals surface area (Å²) in [5.74, 6) is 0.726. The molecule has 4 nitrogen and oxygen atoms in total. The van der Waals surface area contributed by atoms with Crippen molar-refractivity contribution < 1.29 is 9.53 Å². The number of hydrogen-bond donors (Lipinski definition) is 2. The summed E-state index contributed by atoms with van der Waals surface area (Å²) in [6.45, 7) is 4.10. The molecule has 2 aromatic carbocycles. The fourth-order valence-corrected chi connectivity index (χ4v) is 2.31. The molecule has 2 N–H and O–H groups in total. The molecule has 0 aromatic heterocycles. The summed E-state index contributed by atoms with van der Waals surface area (Å²) in [6.07, 6.45) is 2.17. The van der Waals surface area contributed by atoms with Gasteiger partial charge in [-0.3, -0.25) is 0 Å². The first-order valence-corrected chi connectivity index (χ1v) is 7.99. The van der Waals surface area contributed by atoms with Crippen molar-refractivity contribution in [3.8, 4) is 5.75 Å². The molecule has 122 valence electrons. The molecule has 0 saturated carbocycles. The topological polar surface area (TPSA) is 50.4 Å². The lowest BCUT2D eigenvalue weighted by molar-refractivity contribution is 0.234. The number of aryl methyl sites for hydroxylation is 1. The van der Waals surface area contributed by atoms with Crippen LogP contribution in [0.3, 0.4) is 0 Å². The molecule has 0 spiro atoms. The molecular formula is C18H21ClN2O2. The van der Waals surface area contributed by atoms with Gasteiger partial charge in [0.05, 0.1) is 0 Å². The van der Waals surface area contributed by atoms with E-state index in [0.29, 0.717) is 10.7 Å². The highest BCUT2D eigenvalue weighted by atomic mass is 35.5. The van der Waals surface area contributed by atoms with E-state index in [4.69, 9.17) is 16.3 Å². The van der Waals surface area contributed by atoms with Crippen molar-refractivity contribution in [3.05, 3.63) is 58.6 Å². The number of hydrogen-bond acceptors (Lipinski definition) is 2. The van der Waals surface area contributed by atoms with E-state index in [1.807, 2.05) is 31.2 Å². The molecule has 23 heavy (non-hydrogen) atoms. The molecule has 0 aliphatic carbocycles. The maximum absolute atomic E-state index is 11.9. The zero-order valence-corrected chi connectivity index (χ0v) is 14.1. The van der Waals surface area contributed by atoms with Gasteiger partial charge in [0.15, 0.2) is 6.73 Å². The third kappa shape index (κ3) is 5.18. The third-order valence-corrected chi connectivity index (χ3v) is 3.86. The lowest BCUT2D eigenvalue weighted by atomic mass is 10.1. The molecule has 0 atom stereocenters. The van der Waals surface area contributed by atoms with Crippen LogP contribution in [0.4, 0.5) is 10.5 Å². The summed E-state index contributed by atoms with van der Waals surface area (Å²) in [4.78, 5) is 11.9. The maximum Gasteiger partial charge on any atom is 0.321 e. The van der Waals surface area contributed by atoms with Crippen molar-refractivity contribution >= 4 is 23.3 Å². The monoisotopic (exact) mass is 332 g/mol. The number of ether oxygens (including phenoxy) is 1. The fraction of sp³-hybridized carbons (Fsp3) is 0.278. The minimum absolute atomic E-state index is 0.0958. The molecule has 2 aromatic rings. The van der Waals surface area contributed by atoms with Crippen molar-refractivity contribution in [3.63, 3.8) is 0 Å². The molecule has 0 radical (unpaired) electrons. The molecular weight excluding hydrogens is 312 g/mol. The number of amides is 2. The second kappa shape index (κ2) is 8.44. The number of anilines is 1. The van der Waals surface area contributed by atoms with E-state index < -0.39 is 0 Å². The van der Waals surface area contributed by atoms with E-state index in [1.165, 1.54) is 5.56 Å². The zero-order valence-electron chi connectivity index (χ0n) is 13.4. The van der Waals surface area contributed by atoms with E-state index in [0.717, 1.165) is 24.2 Å². The molecule has 0 unspecified atom stereocenters. The second-order valence-corrected chi connectivity index (χ2v) is 5.63. The summed E-state index contributed by atoms with van der Waals surface area (Å²) in [6, 6.07) is 12.9. The summed E-state index contributed by atoms with van der Waals surface area (Å²) >= 11 is 6.02. The lowest BCUT2D eigenvalue weighted by Gasteiger charge is -2.12. The van der Waals surface area contributed by atoms with E-state index in [9.17, 15) is 4.79 Å². The van der Waals surface area contributed by atoms with Crippen LogP contribution in [0.2, 0.25) is 5.02 Å². The lowest BCUT2D eigenvalue weighted by Crippen LogP contribution is -2.32. The van der Waals surface area contributed by atoms with E-state index in [-0.39, 0.29) is 12.8 Å². The van der Waals surface area contributed by atoms with Crippen LogP contribution < -0.4 is 15.4 Å². The van der Waals surface area contributed by atoms with E-state index in [2.05, 4.69) is 17.6 Å². The quantitative estimate of drug-likeness (QED) is 0.749. The number of urea groups is 1. The summed E-state index contributed by atoms with van der Waals surface area (Å²) in [7, 11) is 0. The third-order valence-electron chi connectivity index (χ3n) is 3.45. The Bertz CT molecular complexity index is 657. The first kappa shape index (κ1) is 17.2. The van der Waals surface area contributed by atoms with Gasteiger partial charge in [-0.15, -0.1) is 0 Å². The normalized spacial score (nSPS) is 10.2. The highest BCUT2D eigenvalue weighted by molar-refractivity contribution is 6.31. The largest absolute Gasteiger partial charge is 0.473 e. The van der Waals surface area contributed by atoms with Crippen molar-refractivity contribution in [1.82, 2.24) is 5.32 Å². The molecule has 0 aliphatic heterocycles. The molecule has 0 bridgehead atoms. The Morgan fingerprint density at radius 2 is 1.91 bits per heavy atom. The Labute approximate surface area is 141 Å². The number of carbonyl (C=O) groups is 1. The molecule has 0 saturated heterocycles. The first-order valence-electron chi connectivity index (χ1n) is 7.62. The van der Waals surface area contributed by atoms with Gasteiger partial charge in [-0.05, 0) is 48.7 Å². The van der Waals surface area contributed by atoms with Gasteiger partial charge < -0.3 is 15.4 Å². The number of rotatable bonds is 6. The molecule has 5 heteroatoms. The van der Waals surface area contributed by atoms with Gasteiger partial charge in [0.1, 0.15) is 5.75 Å². The molecule has 0 heterocycles. The standard InChI is InChI=1S/C18H21ClN2O2/c1-3-5-14-8-10-15(11-9-14)23-12-20-18(22)21-17-7-4-6-16(19)13(17)2/h4,6-11H,3,5,12H2,1-2H3,(H2,20,21,22). The van der Waals surface area contributed by atoms with Crippen LogP contribution in [0.25, 0.3) is 0 Å². The maximum atomic E-state index is 11.9. The van der Waals surface area contributed by atoms with Gasteiger partial charge >= 0.3 is 6.03 Å². The molecule has 0 aliphatic rings. The Morgan fingerprint density at radius 1 is 1.17 bits per heavy atom. The average molecular weight is 333 g/mol. The SMILES string of the molecule is CCCc1ccc(OCNC(=O)Nc2cccc(Cl)c2C)cc1. The number of nitrogens with one attached hydrogen (secondary N) is 2. The van der Waals surface area contributed by atoms with Gasteiger partial charge in [0.2, 0.25) is 0 Å². The summed E-state index contributed by atoms with van der Waals surface area (Å²) in [5, 5.41) is 6.02. The van der Waals surface area contributed by atoms with Gasteiger partial charge in [0, 0.05) is 10.7 Å². The van der Waals surface area contributed by atoms with Gasteiger partial charge in [-0.2, -0.15) is 0 Å².